The van der Waals surface area contributed by atoms with Crippen LogP contribution in [-0.2, 0) is 38.8 Å². The molecule has 9 heteroatoms. The summed E-state index contributed by atoms with van der Waals surface area (Å²) in [6.45, 7) is 5.60. The number of nitrogens with zero attached hydrogens (tertiary/aromatic N) is 1. The number of carbonyl (C=O) groups excluding carboxylic acids is 2. The third kappa shape index (κ3) is 8.25. The highest BCUT2D eigenvalue weighted by Gasteiger charge is 2.28. The van der Waals surface area contributed by atoms with Crippen LogP contribution in [0.5, 0.6) is 0 Å². The fourth-order valence-corrected chi connectivity index (χ4v) is 2.75. The molecule has 0 N–H and O–H groups in total. The first-order valence-electron chi connectivity index (χ1n) is 7.85. The van der Waals surface area contributed by atoms with Crippen molar-refractivity contribution < 1.29 is 32.7 Å². The van der Waals surface area contributed by atoms with E-state index >= 15 is 0 Å². The second kappa shape index (κ2) is 10.3. The Kier molecular flexibility index (Phi) is 8.75. The molecule has 0 saturated carbocycles. The zero-order chi connectivity index (χ0) is 18.9. The molecular formula is C16H24NO7P. The smallest absolute Gasteiger partial charge is 0.342 e. The Bertz CT molecular complexity index is 574. The van der Waals surface area contributed by atoms with Gasteiger partial charge in [0.05, 0.1) is 23.7 Å². The molecular weight excluding hydrogens is 349 g/mol. The summed E-state index contributed by atoms with van der Waals surface area (Å²) in [5, 5.41) is 0. The van der Waals surface area contributed by atoms with E-state index in [-0.39, 0.29) is 18.0 Å². The van der Waals surface area contributed by atoms with Gasteiger partial charge in [-0.3, -0.25) is 28.2 Å². The van der Waals surface area contributed by atoms with Crippen LogP contribution in [0.3, 0.4) is 0 Å². The van der Waals surface area contributed by atoms with Crippen LogP contribution in [0.15, 0.2) is 24.4 Å². The number of hydrogen-bond donors (Lipinski definition) is 0. The van der Waals surface area contributed by atoms with Gasteiger partial charge in [-0.25, -0.2) is 0 Å². The second-order valence-electron chi connectivity index (χ2n) is 5.82. The third-order valence-corrected chi connectivity index (χ3v) is 4.63. The van der Waals surface area contributed by atoms with Gasteiger partial charge in [-0.1, -0.05) is 33.8 Å². The van der Waals surface area contributed by atoms with Gasteiger partial charge in [-0.2, -0.15) is 0 Å². The van der Waals surface area contributed by atoms with Crippen LogP contribution >= 0.6 is 7.60 Å². The lowest BCUT2D eigenvalue weighted by Gasteiger charge is -2.18. The largest absolute Gasteiger partial charge is 0.438 e. The van der Waals surface area contributed by atoms with Crippen LogP contribution in [0.1, 0.15) is 33.4 Å². The molecule has 1 rings (SSSR count). The van der Waals surface area contributed by atoms with Gasteiger partial charge in [-0.15, -0.1) is 0 Å². The van der Waals surface area contributed by atoms with Gasteiger partial charge in [0.15, 0.2) is 0 Å². The summed E-state index contributed by atoms with van der Waals surface area (Å²) in [4.78, 5) is 27.0. The topological polar surface area (TPSA) is 101 Å². The van der Waals surface area contributed by atoms with Crippen LogP contribution in [0, 0.1) is 11.8 Å². The minimum atomic E-state index is -3.73. The van der Waals surface area contributed by atoms with E-state index in [1.54, 1.807) is 45.9 Å². The van der Waals surface area contributed by atoms with Crippen molar-refractivity contribution in [3.63, 3.8) is 0 Å². The maximum absolute atomic E-state index is 12.8. The zero-order valence-corrected chi connectivity index (χ0v) is 15.7. The number of hydrogen-bond acceptors (Lipinski definition) is 8. The SMILES string of the molecule is CC(C)C(=O)OCOP(=O)(Cc1ccccn1)OCOC(=O)C(C)C. The molecule has 1 heterocycles. The standard InChI is InChI=1S/C16H24NO7P/c1-12(2)15(18)21-10-23-25(20,9-14-7-5-6-8-17-14)24-11-22-16(19)13(3)4/h5-8,12-13H,9-11H2,1-4H3. The first-order valence-corrected chi connectivity index (χ1v) is 9.57. The first-order chi connectivity index (χ1) is 11.7. The molecule has 0 saturated heterocycles. The van der Waals surface area contributed by atoms with Crippen LogP contribution in [0.25, 0.3) is 0 Å². The van der Waals surface area contributed by atoms with Crippen molar-refractivity contribution in [1.29, 1.82) is 0 Å². The summed E-state index contributed by atoms with van der Waals surface area (Å²) in [5.74, 6) is -1.66. The maximum atomic E-state index is 12.8. The Morgan fingerprint density at radius 1 is 1.00 bits per heavy atom. The van der Waals surface area contributed by atoms with Gasteiger partial charge in [0.1, 0.15) is 0 Å². The second-order valence-corrected chi connectivity index (χ2v) is 7.87. The molecule has 8 nitrogen and oxygen atoms in total. The molecule has 25 heavy (non-hydrogen) atoms. The van der Waals surface area contributed by atoms with E-state index < -0.39 is 33.1 Å². The van der Waals surface area contributed by atoms with E-state index in [1.807, 2.05) is 0 Å². The molecule has 1 aromatic rings. The average Bonchev–Trinajstić information content (AvgIpc) is 2.55. The fourth-order valence-electron chi connectivity index (χ4n) is 1.48. The molecule has 0 aliphatic rings. The molecule has 0 aromatic carbocycles. The Labute approximate surface area is 147 Å². The number of pyridine rings is 1. The third-order valence-electron chi connectivity index (χ3n) is 2.93. The van der Waals surface area contributed by atoms with E-state index in [9.17, 15) is 14.2 Å². The monoisotopic (exact) mass is 373 g/mol. The Hall–Kier alpha value is -1.76. The highest BCUT2D eigenvalue weighted by atomic mass is 31.2. The Morgan fingerprint density at radius 3 is 1.92 bits per heavy atom. The lowest BCUT2D eigenvalue weighted by Crippen LogP contribution is -2.16. The normalized spacial score (nSPS) is 11.6. The molecule has 1 aromatic heterocycles. The van der Waals surface area contributed by atoms with Crippen LogP contribution < -0.4 is 0 Å². The first kappa shape index (κ1) is 21.3. The summed E-state index contributed by atoms with van der Waals surface area (Å²) in [6, 6.07) is 5.09. The molecule has 0 radical (unpaired) electrons. The van der Waals surface area contributed by atoms with Crippen molar-refractivity contribution in [2.24, 2.45) is 11.8 Å². The maximum Gasteiger partial charge on any atom is 0.342 e. The molecule has 0 aliphatic carbocycles. The van der Waals surface area contributed by atoms with Crippen molar-refractivity contribution in [3.8, 4) is 0 Å². The van der Waals surface area contributed by atoms with E-state index in [1.165, 1.54) is 6.20 Å². The van der Waals surface area contributed by atoms with E-state index in [0.29, 0.717) is 5.69 Å². The van der Waals surface area contributed by atoms with E-state index in [2.05, 4.69) is 4.98 Å². The molecule has 0 aliphatic heterocycles. The Morgan fingerprint density at radius 2 is 1.52 bits per heavy atom. The van der Waals surface area contributed by atoms with Crippen molar-refractivity contribution in [1.82, 2.24) is 4.98 Å². The summed E-state index contributed by atoms with van der Waals surface area (Å²) >= 11 is 0. The van der Waals surface area contributed by atoms with Crippen LogP contribution in [-0.4, -0.2) is 30.5 Å². The number of esters is 2. The highest BCUT2D eigenvalue weighted by Crippen LogP contribution is 2.51. The van der Waals surface area contributed by atoms with Crippen molar-refractivity contribution >= 4 is 19.5 Å². The summed E-state index contributed by atoms with van der Waals surface area (Å²) in [5.41, 5.74) is 0.469. The highest BCUT2D eigenvalue weighted by molar-refractivity contribution is 7.53. The molecule has 0 atom stereocenters. The lowest BCUT2D eigenvalue weighted by molar-refractivity contribution is -0.156. The number of aromatic nitrogens is 1. The molecule has 0 bridgehead atoms. The van der Waals surface area contributed by atoms with Gasteiger partial charge in [-0.05, 0) is 12.1 Å². The fraction of sp³-hybridized carbons (Fsp3) is 0.562. The summed E-state index contributed by atoms with van der Waals surface area (Å²) < 4.78 is 32.9. The van der Waals surface area contributed by atoms with Crippen molar-refractivity contribution in [2.75, 3.05) is 13.6 Å². The van der Waals surface area contributed by atoms with E-state index in [0.717, 1.165) is 0 Å². The minimum absolute atomic E-state index is 0.147. The van der Waals surface area contributed by atoms with Crippen molar-refractivity contribution in [3.05, 3.63) is 30.1 Å². The molecule has 0 unspecified atom stereocenters. The Balaban J connectivity index is 2.67. The average molecular weight is 373 g/mol. The quantitative estimate of drug-likeness (QED) is 0.350. The van der Waals surface area contributed by atoms with Gasteiger partial charge in [0, 0.05) is 6.20 Å². The minimum Gasteiger partial charge on any atom is -0.438 e. The molecule has 140 valence electrons. The lowest BCUT2D eigenvalue weighted by atomic mass is 10.2. The zero-order valence-electron chi connectivity index (χ0n) is 14.8. The van der Waals surface area contributed by atoms with Crippen LogP contribution in [0.4, 0.5) is 0 Å². The summed E-state index contributed by atoms with van der Waals surface area (Å²) in [6.07, 6.45) is 1.39. The molecule has 0 spiro atoms. The van der Waals surface area contributed by atoms with E-state index in [4.69, 9.17) is 18.5 Å². The van der Waals surface area contributed by atoms with Gasteiger partial charge >= 0.3 is 19.5 Å². The van der Waals surface area contributed by atoms with Gasteiger partial charge < -0.3 is 9.47 Å². The predicted octanol–water partition coefficient (Wildman–Crippen LogP) is 3.12. The molecule has 0 amide bonds. The number of carbonyl (C=O) groups is 2. The van der Waals surface area contributed by atoms with Crippen LogP contribution in [0.2, 0.25) is 0 Å². The summed E-state index contributed by atoms with van der Waals surface area (Å²) in [7, 11) is -3.73. The number of ether oxygens (including phenoxy) is 2. The van der Waals surface area contributed by atoms with Gasteiger partial charge in [0.2, 0.25) is 13.6 Å². The number of rotatable bonds is 10. The molecule has 0 fully saturated rings. The predicted molar refractivity (Wildman–Crippen MR) is 89.3 cm³/mol. The van der Waals surface area contributed by atoms with Gasteiger partial charge in [0.25, 0.3) is 0 Å². The van der Waals surface area contributed by atoms with Crippen molar-refractivity contribution in [2.45, 2.75) is 33.9 Å².